The molecule has 8 heteroatoms. The highest BCUT2D eigenvalue weighted by Gasteiger charge is 2.16. The van der Waals surface area contributed by atoms with Gasteiger partial charge in [-0.25, -0.2) is 0 Å². The minimum absolute atomic E-state index is 0.0230. The lowest BCUT2D eigenvalue weighted by molar-refractivity contribution is -0.384. The Morgan fingerprint density at radius 3 is 2.38 bits per heavy atom. The van der Waals surface area contributed by atoms with Crippen LogP contribution in [0.15, 0.2) is 18.2 Å². The zero-order valence-corrected chi connectivity index (χ0v) is 14.5. The van der Waals surface area contributed by atoms with Crippen LogP contribution in [-0.2, 0) is 9.59 Å². The molecule has 0 radical (unpaired) electrons. The van der Waals surface area contributed by atoms with Crippen molar-refractivity contribution in [2.75, 3.05) is 38.5 Å². The standard InChI is InChI=1S/C16H24N4O4/c1-5-19(6-2)16(22)11-18(4)10-15(21)17-14-9-13(20(23)24)8-7-12(14)3/h7-9H,5-6,10-11H2,1-4H3,(H,17,21). The van der Waals surface area contributed by atoms with Crippen LogP contribution >= 0.6 is 0 Å². The summed E-state index contributed by atoms with van der Waals surface area (Å²) >= 11 is 0. The minimum atomic E-state index is -0.510. The Bertz CT molecular complexity index is 614. The molecule has 0 heterocycles. The molecule has 0 unspecified atom stereocenters. The summed E-state index contributed by atoms with van der Waals surface area (Å²) in [6, 6.07) is 4.30. The smallest absolute Gasteiger partial charge is 0.271 e. The molecule has 0 fully saturated rings. The summed E-state index contributed by atoms with van der Waals surface area (Å²) in [6.07, 6.45) is 0. The summed E-state index contributed by atoms with van der Waals surface area (Å²) in [5.41, 5.74) is 1.05. The van der Waals surface area contributed by atoms with Gasteiger partial charge in [0.1, 0.15) is 0 Å². The maximum Gasteiger partial charge on any atom is 0.271 e. The van der Waals surface area contributed by atoms with Gasteiger partial charge in [-0.15, -0.1) is 0 Å². The lowest BCUT2D eigenvalue weighted by Crippen LogP contribution is -2.41. The van der Waals surface area contributed by atoms with Gasteiger partial charge in [0.05, 0.1) is 23.7 Å². The van der Waals surface area contributed by atoms with Crippen LogP contribution in [0, 0.1) is 17.0 Å². The number of hydrogen-bond acceptors (Lipinski definition) is 5. The SMILES string of the molecule is CCN(CC)C(=O)CN(C)CC(=O)Nc1cc([N+](=O)[O-])ccc1C. The third-order valence-electron chi connectivity index (χ3n) is 3.64. The van der Waals surface area contributed by atoms with E-state index >= 15 is 0 Å². The van der Waals surface area contributed by atoms with E-state index in [0.717, 1.165) is 5.56 Å². The number of carbonyl (C=O) groups excluding carboxylic acids is 2. The number of hydrogen-bond donors (Lipinski definition) is 1. The van der Waals surface area contributed by atoms with Crippen molar-refractivity contribution in [3.05, 3.63) is 33.9 Å². The molecule has 24 heavy (non-hydrogen) atoms. The monoisotopic (exact) mass is 336 g/mol. The molecule has 0 saturated carbocycles. The van der Waals surface area contributed by atoms with Gasteiger partial charge in [0, 0.05) is 25.2 Å². The second-order valence-electron chi connectivity index (χ2n) is 5.54. The molecule has 2 amide bonds. The molecule has 8 nitrogen and oxygen atoms in total. The number of anilines is 1. The van der Waals surface area contributed by atoms with Gasteiger partial charge < -0.3 is 10.2 Å². The lowest BCUT2D eigenvalue weighted by Gasteiger charge is -2.22. The van der Waals surface area contributed by atoms with E-state index in [4.69, 9.17) is 0 Å². The van der Waals surface area contributed by atoms with Crippen molar-refractivity contribution in [3.63, 3.8) is 0 Å². The first kappa shape index (κ1) is 19.6. The molecule has 1 N–H and O–H groups in total. The van der Waals surface area contributed by atoms with Gasteiger partial charge in [0.25, 0.3) is 5.69 Å². The molecule has 0 saturated heterocycles. The van der Waals surface area contributed by atoms with E-state index in [2.05, 4.69) is 5.32 Å². The highest BCUT2D eigenvalue weighted by molar-refractivity contribution is 5.93. The van der Waals surface area contributed by atoms with E-state index in [0.29, 0.717) is 18.8 Å². The average molecular weight is 336 g/mol. The van der Waals surface area contributed by atoms with Crippen molar-refractivity contribution >= 4 is 23.2 Å². The van der Waals surface area contributed by atoms with Crippen LogP contribution in [0.1, 0.15) is 19.4 Å². The molecule has 1 aromatic carbocycles. The van der Waals surface area contributed by atoms with Gasteiger partial charge in [0.2, 0.25) is 11.8 Å². The molecule has 0 aliphatic carbocycles. The Balaban J connectivity index is 2.64. The van der Waals surface area contributed by atoms with Gasteiger partial charge in [-0.2, -0.15) is 0 Å². The third kappa shape index (κ3) is 5.62. The zero-order valence-electron chi connectivity index (χ0n) is 14.5. The number of nitro benzene ring substituents is 1. The molecule has 0 aliphatic heterocycles. The van der Waals surface area contributed by atoms with Crippen LogP contribution in [0.4, 0.5) is 11.4 Å². The second-order valence-corrected chi connectivity index (χ2v) is 5.54. The van der Waals surface area contributed by atoms with E-state index in [-0.39, 0.29) is 30.6 Å². The average Bonchev–Trinajstić information content (AvgIpc) is 2.50. The zero-order chi connectivity index (χ0) is 18.3. The van der Waals surface area contributed by atoms with Gasteiger partial charge >= 0.3 is 0 Å². The molecular weight excluding hydrogens is 312 g/mol. The summed E-state index contributed by atoms with van der Waals surface area (Å²) in [5, 5.41) is 13.5. The van der Waals surface area contributed by atoms with Gasteiger partial charge in [-0.1, -0.05) is 6.07 Å². The van der Waals surface area contributed by atoms with Crippen molar-refractivity contribution in [1.29, 1.82) is 0 Å². The first-order valence-electron chi connectivity index (χ1n) is 7.79. The molecule has 1 aromatic rings. The molecule has 132 valence electrons. The van der Waals surface area contributed by atoms with E-state index in [9.17, 15) is 19.7 Å². The summed E-state index contributed by atoms with van der Waals surface area (Å²) in [4.78, 5) is 37.7. The van der Waals surface area contributed by atoms with E-state index in [1.54, 1.807) is 29.8 Å². The Labute approximate surface area is 141 Å². The fourth-order valence-corrected chi connectivity index (χ4v) is 2.26. The maximum absolute atomic E-state index is 12.1. The Kier molecular flexibility index (Phi) is 7.31. The summed E-state index contributed by atoms with van der Waals surface area (Å²) in [6.45, 7) is 6.98. The maximum atomic E-state index is 12.1. The molecule has 0 aromatic heterocycles. The number of aryl methyl sites for hydroxylation is 1. The first-order chi connectivity index (χ1) is 11.3. The number of benzene rings is 1. The summed E-state index contributed by atoms with van der Waals surface area (Å²) in [5.74, 6) is -0.365. The fourth-order valence-electron chi connectivity index (χ4n) is 2.26. The molecular formula is C16H24N4O4. The lowest BCUT2D eigenvalue weighted by atomic mass is 10.2. The van der Waals surface area contributed by atoms with Gasteiger partial charge in [-0.3, -0.25) is 24.6 Å². The Hall–Kier alpha value is -2.48. The molecule has 0 atom stereocenters. The van der Waals surface area contributed by atoms with Crippen molar-refractivity contribution < 1.29 is 14.5 Å². The number of nitrogens with one attached hydrogen (secondary N) is 1. The predicted octanol–water partition coefficient (Wildman–Crippen LogP) is 1.64. The number of carbonyl (C=O) groups is 2. The normalized spacial score (nSPS) is 10.5. The fraction of sp³-hybridized carbons (Fsp3) is 0.500. The van der Waals surface area contributed by atoms with Crippen LogP contribution in [0.2, 0.25) is 0 Å². The number of amides is 2. The quantitative estimate of drug-likeness (QED) is 0.575. The molecule has 0 spiro atoms. The van der Waals surface area contributed by atoms with Crippen LogP contribution in [0.25, 0.3) is 0 Å². The van der Waals surface area contributed by atoms with Gasteiger partial charge in [-0.05, 0) is 33.4 Å². The van der Waals surface area contributed by atoms with Crippen LogP contribution in [0.3, 0.4) is 0 Å². The largest absolute Gasteiger partial charge is 0.342 e. The third-order valence-corrected chi connectivity index (χ3v) is 3.64. The number of rotatable bonds is 8. The van der Waals surface area contributed by atoms with Crippen molar-refractivity contribution in [2.24, 2.45) is 0 Å². The summed E-state index contributed by atoms with van der Waals surface area (Å²) in [7, 11) is 1.68. The van der Waals surface area contributed by atoms with E-state index < -0.39 is 4.92 Å². The molecule has 0 bridgehead atoms. The van der Waals surface area contributed by atoms with E-state index in [1.807, 2.05) is 13.8 Å². The minimum Gasteiger partial charge on any atom is -0.342 e. The molecule has 0 aliphatic rings. The second kappa shape index (κ2) is 8.97. The topological polar surface area (TPSA) is 95.8 Å². The first-order valence-corrected chi connectivity index (χ1v) is 7.79. The van der Waals surface area contributed by atoms with Crippen LogP contribution in [0.5, 0.6) is 0 Å². The summed E-state index contributed by atoms with van der Waals surface area (Å²) < 4.78 is 0. The number of nitrogens with zero attached hydrogens (tertiary/aromatic N) is 3. The number of likely N-dealkylation sites (N-methyl/N-ethyl adjacent to an activating group) is 2. The van der Waals surface area contributed by atoms with Crippen LogP contribution in [-0.4, -0.2) is 59.8 Å². The van der Waals surface area contributed by atoms with Gasteiger partial charge in [0.15, 0.2) is 0 Å². The highest BCUT2D eigenvalue weighted by Crippen LogP contribution is 2.21. The van der Waals surface area contributed by atoms with Crippen molar-refractivity contribution in [2.45, 2.75) is 20.8 Å². The Morgan fingerprint density at radius 1 is 1.21 bits per heavy atom. The Morgan fingerprint density at radius 2 is 1.83 bits per heavy atom. The predicted molar refractivity (Wildman–Crippen MR) is 91.9 cm³/mol. The van der Waals surface area contributed by atoms with Crippen molar-refractivity contribution in [3.8, 4) is 0 Å². The molecule has 1 rings (SSSR count). The van der Waals surface area contributed by atoms with Crippen molar-refractivity contribution in [1.82, 2.24) is 9.80 Å². The highest BCUT2D eigenvalue weighted by atomic mass is 16.6. The number of nitro groups is 1. The number of non-ortho nitro benzene ring substituents is 1. The van der Waals surface area contributed by atoms with Crippen LogP contribution < -0.4 is 5.32 Å². The van der Waals surface area contributed by atoms with E-state index in [1.165, 1.54) is 12.1 Å².